The molecule has 1 N–H and O–H groups in total. The number of hydrogen-bond acceptors (Lipinski definition) is 2. The highest BCUT2D eigenvalue weighted by Crippen LogP contribution is 2.22. The molecular weight excluding hydrogens is 249 g/mol. The number of aliphatic carboxylic acids is 1. The fraction of sp³-hybridized carbons (Fsp3) is 0.0909. The van der Waals surface area contributed by atoms with Crippen LogP contribution in [0.1, 0.15) is 0 Å². The summed E-state index contributed by atoms with van der Waals surface area (Å²) >= 11 is 5.68. The monoisotopic (exact) mass is 257 g/mol. The minimum Gasteiger partial charge on any atom is -0.478 e. The number of likely N-dealkylation sites (N-methyl/N-ethyl adjacent to an activating group) is 1. The molecule has 1 aromatic rings. The Bertz CT molecular complexity index is 488. The van der Waals surface area contributed by atoms with Crippen molar-refractivity contribution in [3.63, 3.8) is 0 Å². The minimum absolute atomic E-state index is 0.0162. The van der Waals surface area contributed by atoms with Gasteiger partial charge in [-0.2, -0.15) is 0 Å². The number of nitrogens with zero attached hydrogens (tertiary/aromatic N) is 1. The van der Waals surface area contributed by atoms with Gasteiger partial charge in [-0.1, -0.05) is 11.6 Å². The van der Waals surface area contributed by atoms with Crippen LogP contribution in [0, 0.1) is 5.82 Å². The molecule has 17 heavy (non-hydrogen) atoms. The van der Waals surface area contributed by atoms with Crippen LogP contribution < -0.4 is 4.90 Å². The lowest BCUT2D eigenvalue weighted by molar-refractivity contribution is -0.131. The lowest BCUT2D eigenvalue weighted by atomic mass is 10.2. The standard InChI is InChI=1S/C11H9ClFNO3/c1-14(10(15)4-5-11(16)17)9-6-7(12)2-3-8(9)13/h2-6H,1H3,(H,16,17)/b5-4+. The zero-order valence-corrected chi connectivity index (χ0v) is 9.61. The van der Waals surface area contributed by atoms with Crippen LogP contribution in [0.3, 0.4) is 0 Å². The van der Waals surface area contributed by atoms with E-state index in [0.717, 1.165) is 17.0 Å². The summed E-state index contributed by atoms with van der Waals surface area (Å²) in [6.07, 6.45) is 1.52. The van der Waals surface area contributed by atoms with Crippen LogP contribution >= 0.6 is 11.6 Å². The van der Waals surface area contributed by atoms with E-state index in [-0.39, 0.29) is 10.7 Å². The Labute approximate surface area is 102 Å². The lowest BCUT2D eigenvalue weighted by Crippen LogP contribution is -2.25. The Kier molecular flexibility index (Phi) is 4.23. The molecule has 0 saturated heterocycles. The average molecular weight is 258 g/mol. The third-order valence-electron chi connectivity index (χ3n) is 1.97. The zero-order chi connectivity index (χ0) is 13.0. The fourth-order valence-electron chi connectivity index (χ4n) is 1.12. The summed E-state index contributed by atoms with van der Waals surface area (Å²) in [4.78, 5) is 22.7. The van der Waals surface area contributed by atoms with Crippen molar-refractivity contribution >= 4 is 29.2 Å². The molecule has 0 bridgehead atoms. The van der Waals surface area contributed by atoms with Crippen molar-refractivity contribution in [1.29, 1.82) is 0 Å². The number of carboxylic acids is 1. The van der Waals surface area contributed by atoms with Crippen molar-refractivity contribution in [1.82, 2.24) is 0 Å². The molecule has 1 rings (SSSR count). The van der Waals surface area contributed by atoms with Crippen LogP contribution in [-0.2, 0) is 9.59 Å². The van der Waals surface area contributed by atoms with Crippen molar-refractivity contribution < 1.29 is 19.1 Å². The second-order valence-electron chi connectivity index (χ2n) is 3.16. The second kappa shape index (κ2) is 5.45. The maximum absolute atomic E-state index is 13.4. The molecule has 0 aliphatic rings. The third-order valence-corrected chi connectivity index (χ3v) is 2.20. The Morgan fingerprint density at radius 2 is 2.06 bits per heavy atom. The van der Waals surface area contributed by atoms with E-state index in [4.69, 9.17) is 16.7 Å². The van der Waals surface area contributed by atoms with Crippen LogP contribution in [0.5, 0.6) is 0 Å². The van der Waals surface area contributed by atoms with Crippen LogP contribution in [0.15, 0.2) is 30.4 Å². The highest BCUT2D eigenvalue weighted by molar-refractivity contribution is 6.31. The fourth-order valence-corrected chi connectivity index (χ4v) is 1.28. The van der Waals surface area contributed by atoms with E-state index < -0.39 is 17.7 Å². The van der Waals surface area contributed by atoms with Crippen LogP contribution in [-0.4, -0.2) is 24.0 Å². The Hall–Kier alpha value is -1.88. The topological polar surface area (TPSA) is 57.6 Å². The van der Waals surface area contributed by atoms with Gasteiger partial charge in [0.25, 0.3) is 5.91 Å². The van der Waals surface area contributed by atoms with Crippen molar-refractivity contribution in [3.05, 3.63) is 41.2 Å². The molecule has 0 unspecified atom stereocenters. The van der Waals surface area contributed by atoms with Gasteiger partial charge in [-0.05, 0) is 18.2 Å². The number of carbonyl (C=O) groups excluding carboxylic acids is 1. The van der Waals surface area contributed by atoms with Gasteiger partial charge in [0.1, 0.15) is 5.82 Å². The molecule has 0 spiro atoms. The molecule has 0 atom stereocenters. The van der Waals surface area contributed by atoms with Gasteiger partial charge in [-0.15, -0.1) is 0 Å². The smallest absolute Gasteiger partial charge is 0.328 e. The molecule has 0 heterocycles. The van der Waals surface area contributed by atoms with Gasteiger partial charge in [-0.25, -0.2) is 9.18 Å². The van der Waals surface area contributed by atoms with Crippen LogP contribution in [0.2, 0.25) is 5.02 Å². The van der Waals surface area contributed by atoms with Gasteiger partial charge in [0.15, 0.2) is 0 Å². The van der Waals surface area contributed by atoms with Crippen molar-refractivity contribution in [3.8, 4) is 0 Å². The molecule has 1 aromatic carbocycles. The molecule has 0 aliphatic heterocycles. The Morgan fingerprint density at radius 1 is 1.41 bits per heavy atom. The summed E-state index contributed by atoms with van der Waals surface area (Å²) in [5.74, 6) is -2.53. The Balaban J connectivity index is 2.96. The predicted octanol–water partition coefficient (Wildman–Crippen LogP) is 2.08. The largest absolute Gasteiger partial charge is 0.478 e. The highest BCUT2D eigenvalue weighted by atomic mass is 35.5. The van der Waals surface area contributed by atoms with Crippen molar-refractivity contribution in [2.24, 2.45) is 0 Å². The van der Waals surface area contributed by atoms with Gasteiger partial charge in [0.05, 0.1) is 5.69 Å². The summed E-state index contributed by atoms with van der Waals surface area (Å²) in [6.45, 7) is 0. The van der Waals surface area contributed by atoms with Crippen molar-refractivity contribution in [2.45, 2.75) is 0 Å². The predicted molar refractivity (Wildman–Crippen MR) is 61.6 cm³/mol. The first-order valence-corrected chi connectivity index (χ1v) is 4.93. The Morgan fingerprint density at radius 3 is 2.65 bits per heavy atom. The average Bonchev–Trinajstić information content (AvgIpc) is 2.28. The summed E-state index contributed by atoms with van der Waals surface area (Å²) in [6, 6.07) is 3.76. The molecule has 0 radical (unpaired) electrons. The van der Waals surface area contributed by atoms with Crippen LogP contribution in [0.4, 0.5) is 10.1 Å². The quantitative estimate of drug-likeness (QED) is 0.844. The molecular formula is C11H9ClFNO3. The molecule has 0 aliphatic carbocycles. The zero-order valence-electron chi connectivity index (χ0n) is 8.85. The first-order chi connectivity index (χ1) is 7.91. The number of anilines is 1. The number of hydrogen-bond donors (Lipinski definition) is 1. The summed E-state index contributed by atoms with van der Waals surface area (Å²) in [5.41, 5.74) is -0.0162. The molecule has 6 heteroatoms. The van der Waals surface area contributed by atoms with E-state index in [1.807, 2.05) is 0 Å². The number of amides is 1. The molecule has 0 fully saturated rings. The van der Waals surface area contributed by atoms with E-state index >= 15 is 0 Å². The summed E-state index contributed by atoms with van der Waals surface area (Å²) < 4.78 is 13.4. The molecule has 1 amide bonds. The molecule has 0 saturated carbocycles. The van der Waals surface area contributed by atoms with Gasteiger partial charge >= 0.3 is 5.97 Å². The summed E-state index contributed by atoms with van der Waals surface area (Å²) in [7, 11) is 1.32. The highest BCUT2D eigenvalue weighted by Gasteiger charge is 2.13. The first-order valence-electron chi connectivity index (χ1n) is 4.55. The molecule has 4 nitrogen and oxygen atoms in total. The van der Waals surface area contributed by atoms with E-state index in [2.05, 4.69) is 0 Å². The maximum atomic E-state index is 13.4. The van der Waals surface area contributed by atoms with Gasteiger partial charge in [0.2, 0.25) is 0 Å². The van der Waals surface area contributed by atoms with Gasteiger partial charge in [-0.3, -0.25) is 4.79 Å². The number of rotatable bonds is 3. The second-order valence-corrected chi connectivity index (χ2v) is 3.60. The van der Waals surface area contributed by atoms with Crippen molar-refractivity contribution in [2.75, 3.05) is 11.9 Å². The first kappa shape index (κ1) is 13.2. The van der Waals surface area contributed by atoms with E-state index in [9.17, 15) is 14.0 Å². The van der Waals surface area contributed by atoms with E-state index in [1.54, 1.807) is 0 Å². The number of benzene rings is 1. The SMILES string of the molecule is CN(C(=O)/C=C/C(=O)O)c1cc(Cl)ccc1F. The number of carboxylic acid groups (broad SMARTS) is 1. The van der Waals surface area contributed by atoms with Gasteiger partial charge < -0.3 is 10.0 Å². The number of halogens is 2. The third kappa shape index (κ3) is 3.57. The number of carbonyl (C=O) groups is 2. The summed E-state index contributed by atoms with van der Waals surface area (Å²) in [5, 5.41) is 8.64. The van der Waals surface area contributed by atoms with E-state index in [1.165, 1.54) is 19.2 Å². The van der Waals surface area contributed by atoms with Crippen LogP contribution in [0.25, 0.3) is 0 Å². The molecule has 0 aromatic heterocycles. The molecule has 90 valence electrons. The van der Waals surface area contributed by atoms with E-state index in [0.29, 0.717) is 6.08 Å². The minimum atomic E-state index is -1.25. The van der Waals surface area contributed by atoms with Gasteiger partial charge in [0, 0.05) is 24.2 Å². The normalized spacial score (nSPS) is 10.5. The maximum Gasteiger partial charge on any atom is 0.328 e. The lowest BCUT2D eigenvalue weighted by Gasteiger charge is -2.16.